The third-order valence-electron chi connectivity index (χ3n) is 3.62. The van der Waals surface area contributed by atoms with Gasteiger partial charge in [0.1, 0.15) is 5.76 Å². The van der Waals surface area contributed by atoms with Gasteiger partial charge in [0, 0.05) is 19.1 Å². The summed E-state index contributed by atoms with van der Waals surface area (Å²) in [4.78, 5) is 0. The lowest BCUT2D eigenvalue weighted by Gasteiger charge is -2.14. The highest BCUT2D eigenvalue weighted by atomic mass is 16.5. The number of hydrogen-bond acceptors (Lipinski definition) is 3. The highest BCUT2D eigenvalue weighted by molar-refractivity contribution is 4.98. The van der Waals surface area contributed by atoms with Crippen molar-refractivity contribution in [2.45, 2.75) is 57.6 Å². The first kappa shape index (κ1) is 13.6. The van der Waals surface area contributed by atoms with Crippen LogP contribution in [0.5, 0.6) is 0 Å². The van der Waals surface area contributed by atoms with Crippen LogP contribution in [0.4, 0.5) is 0 Å². The molecule has 1 aliphatic rings. The van der Waals surface area contributed by atoms with E-state index in [1.807, 2.05) is 12.1 Å². The Morgan fingerprint density at radius 2 is 2.44 bits per heavy atom. The molecular weight excluding hydrogens is 226 g/mol. The fourth-order valence-electron chi connectivity index (χ4n) is 2.47. The molecule has 1 N–H and O–H groups in total. The summed E-state index contributed by atoms with van der Waals surface area (Å²) < 4.78 is 10.9. The van der Waals surface area contributed by atoms with Crippen LogP contribution in [0.1, 0.15) is 44.8 Å². The van der Waals surface area contributed by atoms with Gasteiger partial charge in [-0.2, -0.15) is 0 Å². The first-order valence-corrected chi connectivity index (χ1v) is 7.22. The van der Waals surface area contributed by atoms with Crippen LogP contribution in [0, 0.1) is 0 Å². The van der Waals surface area contributed by atoms with E-state index in [4.69, 9.17) is 9.15 Å². The fraction of sp³-hybridized carbons (Fsp3) is 0.733. The molecule has 2 unspecified atom stereocenters. The molecule has 1 aliphatic heterocycles. The molecule has 1 saturated heterocycles. The molecule has 0 bridgehead atoms. The lowest BCUT2D eigenvalue weighted by molar-refractivity contribution is 0.102. The molecule has 0 saturated carbocycles. The third-order valence-corrected chi connectivity index (χ3v) is 3.62. The summed E-state index contributed by atoms with van der Waals surface area (Å²) in [5.74, 6) is 1.09. The number of furan rings is 1. The van der Waals surface area contributed by atoms with Crippen molar-refractivity contribution in [2.24, 2.45) is 0 Å². The van der Waals surface area contributed by atoms with Crippen LogP contribution in [0.3, 0.4) is 0 Å². The van der Waals surface area contributed by atoms with Crippen molar-refractivity contribution in [1.29, 1.82) is 0 Å². The Kier molecular flexibility index (Phi) is 5.75. The van der Waals surface area contributed by atoms with Crippen molar-refractivity contribution in [1.82, 2.24) is 5.32 Å². The zero-order valence-electron chi connectivity index (χ0n) is 11.4. The van der Waals surface area contributed by atoms with Crippen LogP contribution in [0.15, 0.2) is 22.8 Å². The first-order chi connectivity index (χ1) is 8.84. The van der Waals surface area contributed by atoms with Crippen LogP contribution < -0.4 is 5.32 Å². The van der Waals surface area contributed by atoms with Gasteiger partial charge >= 0.3 is 0 Å². The fourth-order valence-corrected chi connectivity index (χ4v) is 2.47. The van der Waals surface area contributed by atoms with Crippen molar-refractivity contribution in [3.05, 3.63) is 24.2 Å². The minimum absolute atomic E-state index is 0.533. The molecular formula is C15H25NO2. The van der Waals surface area contributed by atoms with Crippen molar-refractivity contribution in [3.63, 3.8) is 0 Å². The second-order valence-electron chi connectivity index (χ2n) is 5.25. The maximum absolute atomic E-state index is 5.62. The molecule has 0 aliphatic carbocycles. The molecule has 102 valence electrons. The zero-order valence-corrected chi connectivity index (χ0v) is 11.4. The van der Waals surface area contributed by atoms with Crippen molar-refractivity contribution in [2.75, 3.05) is 13.2 Å². The minimum atomic E-state index is 0.533. The first-order valence-electron chi connectivity index (χ1n) is 7.22. The number of ether oxygens (including phenoxy) is 1. The number of aryl methyl sites for hydroxylation is 1. The average molecular weight is 251 g/mol. The number of nitrogens with one attached hydrogen (secondary N) is 1. The molecule has 2 atom stereocenters. The Bertz CT molecular complexity index is 304. The molecule has 3 nitrogen and oxygen atoms in total. The molecule has 2 heterocycles. The SMILES string of the molecule is CC(CCc1ccco1)NCCCC1CCCO1. The second-order valence-corrected chi connectivity index (χ2v) is 5.25. The maximum Gasteiger partial charge on any atom is 0.103 e. The minimum Gasteiger partial charge on any atom is -0.469 e. The van der Waals surface area contributed by atoms with E-state index in [0.717, 1.165) is 31.8 Å². The van der Waals surface area contributed by atoms with Gasteiger partial charge < -0.3 is 14.5 Å². The van der Waals surface area contributed by atoms with E-state index in [-0.39, 0.29) is 0 Å². The van der Waals surface area contributed by atoms with Gasteiger partial charge in [-0.3, -0.25) is 0 Å². The van der Waals surface area contributed by atoms with Gasteiger partial charge in [-0.25, -0.2) is 0 Å². The predicted octanol–water partition coefficient (Wildman–Crippen LogP) is 3.15. The normalized spacial score (nSPS) is 21.3. The molecule has 1 aromatic heterocycles. The summed E-state index contributed by atoms with van der Waals surface area (Å²) in [5, 5.41) is 3.57. The monoisotopic (exact) mass is 251 g/mol. The van der Waals surface area contributed by atoms with Gasteiger partial charge in [0.2, 0.25) is 0 Å². The zero-order chi connectivity index (χ0) is 12.6. The Morgan fingerprint density at radius 3 is 3.17 bits per heavy atom. The van der Waals surface area contributed by atoms with Crippen LogP contribution in [-0.2, 0) is 11.2 Å². The summed E-state index contributed by atoms with van der Waals surface area (Å²) >= 11 is 0. The Labute approximate surface area is 110 Å². The van der Waals surface area contributed by atoms with E-state index in [1.165, 1.54) is 25.7 Å². The quantitative estimate of drug-likeness (QED) is 0.721. The van der Waals surface area contributed by atoms with Gasteiger partial charge in [0.15, 0.2) is 0 Å². The van der Waals surface area contributed by atoms with E-state index >= 15 is 0 Å². The molecule has 0 aromatic carbocycles. The van der Waals surface area contributed by atoms with E-state index in [2.05, 4.69) is 12.2 Å². The van der Waals surface area contributed by atoms with E-state index < -0.39 is 0 Å². The predicted molar refractivity (Wildman–Crippen MR) is 72.7 cm³/mol. The number of hydrogen-bond donors (Lipinski definition) is 1. The summed E-state index contributed by atoms with van der Waals surface area (Å²) in [7, 11) is 0. The number of rotatable bonds is 8. The molecule has 0 radical (unpaired) electrons. The molecule has 0 spiro atoms. The Hall–Kier alpha value is -0.800. The third kappa shape index (κ3) is 4.83. The highest BCUT2D eigenvalue weighted by Gasteiger charge is 2.14. The molecule has 2 rings (SSSR count). The van der Waals surface area contributed by atoms with E-state index in [0.29, 0.717) is 12.1 Å². The highest BCUT2D eigenvalue weighted by Crippen LogP contribution is 2.16. The largest absolute Gasteiger partial charge is 0.469 e. The van der Waals surface area contributed by atoms with Crippen LogP contribution >= 0.6 is 0 Å². The Balaban J connectivity index is 1.48. The van der Waals surface area contributed by atoms with Gasteiger partial charge in [-0.15, -0.1) is 0 Å². The van der Waals surface area contributed by atoms with Crippen LogP contribution in [0.25, 0.3) is 0 Å². The van der Waals surface area contributed by atoms with Gasteiger partial charge in [0.25, 0.3) is 0 Å². The van der Waals surface area contributed by atoms with Gasteiger partial charge in [-0.1, -0.05) is 0 Å². The average Bonchev–Trinajstić information content (AvgIpc) is 3.04. The topological polar surface area (TPSA) is 34.4 Å². The smallest absolute Gasteiger partial charge is 0.103 e. The second kappa shape index (κ2) is 7.59. The van der Waals surface area contributed by atoms with Crippen LogP contribution in [-0.4, -0.2) is 25.3 Å². The lowest BCUT2D eigenvalue weighted by atomic mass is 10.1. The lowest BCUT2D eigenvalue weighted by Crippen LogP contribution is -2.28. The summed E-state index contributed by atoms with van der Waals surface area (Å²) in [6, 6.07) is 4.55. The summed E-state index contributed by atoms with van der Waals surface area (Å²) in [6.07, 6.45) is 9.36. The Morgan fingerprint density at radius 1 is 1.50 bits per heavy atom. The van der Waals surface area contributed by atoms with Gasteiger partial charge in [0.05, 0.1) is 12.4 Å². The summed E-state index contributed by atoms with van der Waals surface area (Å²) in [6.45, 7) is 4.31. The molecule has 1 fully saturated rings. The maximum atomic E-state index is 5.62. The van der Waals surface area contributed by atoms with Crippen molar-refractivity contribution >= 4 is 0 Å². The van der Waals surface area contributed by atoms with Crippen molar-refractivity contribution in [3.8, 4) is 0 Å². The van der Waals surface area contributed by atoms with E-state index in [1.54, 1.807) is 6.26 Å². The molecule has 3 heteroatoms. The molecule has 0 amide bonds. The standard InChI is InChI=1S/C15H25NO2/c1-13(8-9-15-7-4-12-18-15)16-10-2-5-14-6-3-11-17-14/h4,7,12-14,16H,2-3,5-6,8-11H2,1H3. The summed E-state index contributed by atoms with van der Waals surface area (Å²) in [5.41, 5.74) is 0. The molecule has 1 aromatic rings. The van der Waals surface area contributed by atoms with Gasteiger partial charge in [-0.05, 0) is 57.7 Å². The van der Waals surface area contributed by atoms with Crippen LogP contribution in [0.2, 0.25) is 0 Å². The van der Waals surface area contributed by atoms with E-state index in [9.17, 15) is 0 Å². The van der Waals surface area contributed by atoms with Crippen molar-refractivity contribution < 1.29 is 9.15 Å². The molecule has 18 heavy (non-hydrogen) atoms.